The molecule has 4 nitrogen and oxygen atoms in total. The molecule has 0 N–H and O–H groups in total. The lowest BCUT2D eigenvalue weighted by atomic mass is 10.3. The van der Waals surface area contributed by atoms with Gasteiger partial charge in [-0.3, -0.25) is 0 Å². The molecule has 58 valence electrons. The van der Waals surface area contributed by atoms with Crippen molar-refractivity contribution in [3.8, 4) is 0 Å². The fraction of sp³-hybridized carbons (Fsp3) is 0.667. The number of hydrogen-bond acceptors (Lipinski definition) is 4. The lowest BCUT2D eigenvalue weighted by Gasteiger charge is -1.95. The minimum atomic E-state index is 0.712. The van der Waals surface area contributed by atoms with E-state index in [2.05, 4.69) is 20.0 Å². The van der Waals surface area contributed by atoms with E-state index in [-0.39, 0.29) is 0 Å². The van der Waals surface area contributed by atoms with Gasteiger partial charge in [0.25, 0.3) is 0 Å². The van der Waals surface area contributed by atoms with E-state index < -0.39 is 0 Å². The summed E-state index contributed by atoms with van der Waals surface area (Å²) < 4.78 is 0. The largest absolute Gasteiger partial charge is 0.399 e. The molecule has 10 heavy (non-hydrogen) atoms. The van der Waals surface area contributed by atoms with Gasteiger partial charge >= 0.3 is 0 Å². The Morgan fingerprint density at radius 3 is 1.40 bits per heavy atom. The Balaban J connectivity index is 4.06. The normalized spacial score (nSPS) is 13.2. The van der Waals surface area contributed by atoms with E-state index in [1.165, 1.54) is 14.2 Å². The van der Waals surface area contributed by atoms with Crippen LogP contribution >= 0.6 is 0 Å². The van der Waals surface area contributed by atoms with E-state index in [1.807, 2.05) is 0 Å². The maximum Gasteiger partial charge on any atom is 0.106 e. The first-order valence-electron chi connectivity index (χ1n) is 2.88. The van der Waals surface area contributed by atoms with Crippen LogP contribution < -0.4 is 0 Å². The van der Waals surface area contributed by atoms with Gasteiger partial charge in [0.1, 0.15) is 25.6 Å². The van der Waals surface area contributed by atoms with E-state index >= 15 is 0 Å². The van der Waals surface area contributed by atoms with Gasteiger partial charge in [0.2, 0.25) is 0 Å². The van der Waals surface area contributed by atoms with Gasteiger partial charge in [0.15, 0.2) is 0 Å². The lowest BCUT2D eigenvalue weighted by Crippen LogP contribution is -2.05. The molecule has 0 radical (unpaired) electrons. The van der Waals surface area contributed by atoms with Crippen molar-refractivity contribution in [2.24, 2.45) is 10.3 Å². The maximum atomic E-state index is 4.52. The van der Waals surface area contributed by atoms with Crippen LogP contribution in [-0.4, -0.2) is 25.6 Å². The van der Waals surface area contributed by atoms with Crippen LogP contribution in [0.15, 0.2) is 10.3 Å². The summed E-state index contributed by atoms with van der Waals surface area (Å²) in [6.45, 7) is 3.59. The molecule has 0 aromatic rings. The summed E-state index contributed by atoms with van der Waals surface area (Å²) >= 11 is 0. The Labute approximate surface area is 60.5 Å². The first kappa shape index (κ1) is 8.94. The zero-order valence-electron chi connectivity index (χ0n) is 6.71. The summed E-state index contributed by atoms with van der Waals surface area (Å²) in [6, 6.07) is 0. The Kier molecular flexibility index (Phi) is 4.28. The standard InChI is InChI=1S/C6H12N2O2/c1-5(7-9-3)6(2)8-10-4/h1-4H3/b7-5-,8-6+. The quantitative estimate of drug-likeness (QED) is 0.438. The van der Waals surface area contributed by atoms with Crippen LogP contribution in [0.5, 0.6) is 0 Å². The van der Waals surface area contributed by atoms with Crippen LogP contribution in [0, 0.1) is 0 Å². The van der Waals surface area contributed by atoms with Crippen molar-refractivity contribution in [3.05, 3.63) is 0 Å². The highest BCUT2D eigenvalue weighted by atomic mass is 16.6. The molecule has 0 amide bonds. The molecule has 0 spiro atoms. The molecule has 0 aliphatic rings. The molecular weight excluding hydrogens is 132 g/mol. The molecule has 0 atom stereocenters. The van der Waals surface area contributed by atoms with Gasteiger partial charge in [-0.05, 0) is 13.8 Å². The van der Waals surface area contributed by atoms with Crippen molar-refractivity contribution < 1.29 is 9.68 Å². The zero-order chi connectivity index (χ0) is 7.98. The second-order valence-electron chi connectivity index (χ2n) is 1.72. The van der Waals surface area contributed by atoms with Crippen LogP contribution in [0.1, 0.15) is 13.8 Å². The number of rotatable bonds is 3. The molecule has 0 saturated heterocycles. The second-order valence-corrected chi connectivity index (χ2v) is 1.72. The van der Waals surface area contributed by atoms with Crippen LogP contribution in [0.25, 0.3) is 0 Å². The summed E-state index contributed by atoms with van der Waals surface area (Å²) in [5.41, 5.74) is 1.42. The third kappa shape index (κ3) is 3.06. The summed E-state index contributed by atoms with van der Waals surface area (Å²) in [4.78, 5) is 9.05. The van der Waals surface area contributed by atoms with Crippen molar-refractivity contribution in [2.75, 3.05) is 14.2 Å². The topological polar surface area (TPSA) is 43.2 Å². The smallest absolute Gasteiger partial charge is 0.106 e. The second kappa shape index (κ2) is 4.78. The lowest BCUT2D eigenvalue weighted by molar-refractivity contribution is 0.209. The first-order valence-corrected chi connectivity index (χ1v) is 2.88. The monoisotopic (exact) mass is 144 g/mol. The number of oxime groups is 2. The third-order valence-corrected chi connectivity index (χ3v) is 0.980. The Morgan fingerprint density at radius 1 is 0.900 bits per heavy atom. The third-order valence-electron chi connectivity index (χ3n) is 0.980. The van der Waals surface area contributed by atoms with Crippen molar-refractivity contribution in [3.63, 3.8) is 0 Å². The molecule has 0 aromatic carbocycles. The van der Waals surface area contributed by atoms with E-state index in [0.29, 0.717) is 11.4 Å². The van der Waals surface area contributed by atoms with Crippen LogP contribution in [0.4, 0.5) is 0 Å². The first-order chi connectivity index (χ1) is 4.72. The average molecular weight is 144 g/mol. The molecule has 0 unspecified atom stereocenters. The van der Waals surface area contributed by atoms with Gasteiger partial charge < -0.3 is 9.68 Å². The van der Waals surface area contributed by atoms with Crippen LogP contribution in [0.2, 0.25) is 0 Å². The molecule has 0 aromatic heterocycles. The molecule has 0 saturated carbocycles. The summed E-state index contributed by atoms with van der Waals surface area (Å²) in [5.74, 6) is 0. The molecule has 0 aliphatic carbocycles. The van der Waals surface area contributed by atoms with Gasteiger partial charge in [-0.25, -0.2) is 0 Å². The highest BCUT2D eigenvalue weighted by molar-refractivity contribution is 6.40. The SMILES string of the molecule is CO/N=C(C)\C(C)=N\OC. The molecule has 0 bridgehead atoms. The Hall–Kier alpha value is -1.06. The Bertz CT molecular complexity index is 134. The zero-order valence-corrected chi connectivity index (χ0v) is 6.71. The van der Waals surface area contributed by atoms with Crippen molar-refractivity contribution in [2.45, 2.75) is 13.8 Å². The molecule has 0 rings (SSSR count). The van der Waals surface area contributed by atoms with E-state index in [1.54, 1.807) is 13.8 Å². The number of nitrogens with zero attached hydrogens (tertiary/aromatic N) is 2. The van der Waals surface area contributed by atoms with Crippen LogP contribution in [0.3, 0.4) is 0 Å². The van der Waals surface area contributed by atoms with Gasteiger partial charge in [0, 0.05) is 0 Å². The van der Waals surface area contributed by atoms with Crippen molar-refractivity contribution in [1.82, 2.24) is 0 Å². The summed E-state index contributed by atoms with van der Waals surface area (Å²) in [6.07, 6.45) is 0. The minimum absolute atomic E-state index is 0.712. The van der Waals surface area contributed by atoms with Gasteiger partial charge in [0.05, 0.1) is 0 Å². The molecule has 0 fully saturated rings. The predicted octanol–water partition coefficient (Wildman–Crippen LogP) is 1.03. The molecule has 0 heterocycles. The van der Waals surface area contributed by atoms with E-state index in [0.717, 1.165) is 0 Å². The minimum Gasteiger partial charge on any atom is -0.399 e. The molecule has 4 heteroatoms. The number of hydrogen-bond donors (Lipinski definition) is 0. The molecule has 0 aliphatic heterocycles. The average Bonchev–Trinajstić information content (AvgIpc) is 1.89. The Morgan fingerprint density at radius 2 is 1.20 bits per heavy atom. The van der Waals surface area contributed by atoms with Gasteiger partial charge in [-0.2, -0.15) is 0 Å². The van der Waals surface area contributed by atoms with Gasteiger partial charge in [-0.15, -0.1) is 0 Å². The summed E-state index contributed by atoms with van der Waals surface area (Å²) in [5, 5.41) is 7.30. The fourth-order valence-electron chi connectivity index (χ4n) is 0.406. The van der Waals surface area contributed by atoms with Crippen molar-refractivity contribution in [1.29, 1.82) is 0 Å². The van der Waals surface area contributed by atoms with E-state index in [9.17, 15) is 0 Å². The summed E-state index contributed by atoms with van der Waals surface area (Å²) in [7, 11) is 2.98. The fourth-order valence-corrected chi connectivity index (χ4v) is 0.406. The maximum absolute atomic E-state index is 4.52. The van der Waals surface area contributed by atoms with E-state index in [4.69, 9.17) is 0 Å². The van der Waals surface area contributed by atoms with Crippen LogP contribution in [-0.2, 0) is 9.68 Å². The van der Waals surface area contributed by atoms with Gasteiger partial charge in [-0.1, -0.05) is 10.3 Å². The molecular formula is C6H12N2O2. The van der Waals surface area contributed by atoms with Crippen molar-refractivity contribution >= 4 is 11.4 Å². The predicted molar refractivity (Wildman–Crippen MR) is 40.2 cm³/mol. The highest BCUT2D eigenvalue weighted by Gasteiger charge is 1.95. The highest BCUT2D eigenvalue weighted by Crippen LogP contribution is 1.84.